The van der Waals surface area contributed by atoms with Gasteiger partial charge in [-0.05, 0) is 46.1 Å². The normalized spacial score (nSPS) is 14.1. The molecular formula is C15H15BrFNO. The third kappa shape index (κ3) is 4.11. The van der Waals surface area contributed by atoms with E-state index in [0.29, 0.717) is 12.0 Å². The summed E-state index contributed by atoms with van der Waals surface area (Å²) in [6.07, 6.45) is 4.09. The van der Waals surface area contributed by atoms with Crippen molar-refractivity contribution in [1.29, 1.82) is 0 Å². The van der Waals surface area contributed by atoms with Crippen LogP contribution in [0.1, 0.15) is 18.1 Å². The maximum Gasteiger partial charge on any atom is 0.126 e. The third-order valence-electron chi connectivity index (χ3n) is 2.88. The fourth-order valence-electron chi connectivity index (χ4n) is 2.11. The molecule has 1 unspecified atom stereocenters. The van der Waals surface area contributed by atoms with Gasteiger partial charge in [-0.2, -0.15) is 0 Å². The van der Waals surface area contributed by atoms with Crippen LogP contribution in [-0.2, 0) is 12.8 Å². The highest BCUT2D eigenvalue weighted by molar-refractivity contribution is 9.10. The van der Waals surface area contributed by atoms with Crippen molar-refractivity contribution in [2.75, 3.05) is 0 Å². The summed E-state index contributed by atoms with van der Waals surface area (Å²) in [5.41, 5.74) is 0.427. The van der Waals surface area contributed by atoms with Gasteiger partial charge in [-0.3, -0.25) is 4.98 Å². The SMILES string of the molecule is CC(O)(Cc1cncc(Br)c1)Cc1ccccc1F. The van der Waals surface area contributed by atoms with Crippen LogP contribution in [0.5, 0.6) is 0 Å². The number of hydrogen-bond acceptors (Lipinski definition) is 2. The van der Waals surface area contributed by atoms with Crippen LogP contribution in [0.2, 0.25) is 0 Å². The molecule has 0 spiro atoms. The zero-order valence-corrected chi connectivity index (χ0v) is 12.2. The van der Waals surface area contributed by atoms with Gasteiger partial charge >= 0.3 is 0 Å². The Hall–Kier alpha value is -1.26. The van der Waals surface area contributed by atoms with Gasteiger partial charge in [0.05, 0.1) is 5.60 Å². The van der Waals surface area contributed by atoms with E-state index in [2.05, 4.69) is 20.9 Å². The molecule has 2 nitrogen and oxygen atoms in total. The van der Waals surface area contributed by atoms with Crippen molar-refractivity contribution in [3.8, 4) is 0 Å². The van der Waals surface area contributed by atoms with Crippen molar-refractivity contribution in [2.24, 2.45) is 0 Å². The van der Waals surface area contributed by atoms with Gasteiger partial charge in [0.1, 0.15) is 5.82 Å². The number of nitrogens with zero attached hydrogens (tertiary/aromatic N) is 1. The van der Waals surface area contributed by atoms with Crippen LogP contribution in [0.3, 0.4) is 0 Å². The number of aliphatic hydroxyl groups is 1. The summed E-state index contributed by atoms with van der Waals surface area (Å²) in [6.45, 7) is 1.71. The smallest absolute Gasteiger partial charge is 0.126 e. The van der Waals surface area contributed by atoms with E-state index < -0.39 is 5.60 Å². The van der Waals surface area contributed by atoms with Gasteiger partial charge in [-0.1, -0.05) is 18.2 Å². The van der Waals surface area contributed by atoms with Crippen LogP contribution in [0.25, 0.3) is 0 Å². The highest BCUT2D eigenvalue weighted by Gasteiger charge is 2.23. The fourth-order valence-corrected chi connectivity index (χ4v) is 2.52. The summed E-state index contributed by atoms with van der Waals surface area (Å²) in [4.78, 5) is 4.06. The summed E-state index contributed by atoms with van der Waals surface area (Å²) in [7, 11) is 0. The lowest BCUT2D eigenvalue weighted by Gasteiger charge is -2.23. The Bertz CT molecular complexity index is 572. The highest BCUT2D eigenvalue weighted by atomic mass is 79.9. The van der Waals surface area contributed by atoms with Crippen molar-refractivity contribution in [3.05, 3.63) is 64.1 Å². The summed E-state index contributed by atoms with van der Waals surface area (Å²) in [6, 6.07) is 8.43. The molecule has 0 radical (unpaired) electrons. The lowest BCUT2D eigenvalue weighted by Crippen LogP contribution is -2.30. The van der Waals surface area contributed by atoms with E-state index in [0.717, 1.165) is 10.0 Å². The predicted molar refractivity (Wildman–Crippen MR) is 76.4 cm³/mol. The first-order valence-corrected chi connectivity index (χ1v) is 6.81. The molecule has 0 saturated carbocycles. The van der Waals surface area contributed by atoms with E-state index in [1.165, 1.54) is 6.07 Å². The van der Waals surface area contributed by atoms with E-state index in [4.69, 9.17) is 0 Å². The second kappa shape index (κ2) is 5.80. The van der Waals surface area contributed by atoms with Crippen LogP contribution in [0, 0.1) is 5.82 Å². The Morgan fingerprint density at radius 2 is 2.00 bits per heavy atom. The monoisotopic (exact) mass is 323 g/mol. The molecule has 0 fully saturated rings. The number of hydrogen-bond donors (Lipinski definition) is 1. The number of halogens is 2. The lowest BCUT2D eigenvalue weighted by molar-refractivity contribution is 0.0598. The Labute approximate surface area is 120 Å². The van der Waals surface area contributed by atoms with Gasteiger partial charge in [0.2, 0.25) is 0 Å². The highest BCUT2D eigenvalue weighted by Crippen LogP contribution is 2.21. The van der Waals surface area contributed by atoms with Gasteiger partial charge in [0.15, 0.2) is 0 Å². The van der Waals surface area contributed by atoms with Crippen molar-refractivity contribution >= 4 is 15.9 Å². The molecule has 2 rings (SSSR count). The first-order valence-electron chi connectivity index (χ1n) is 6.01. The number of benzene rings is 1. The second-order valence-corrected chi connectivity index (χ2v) is 5.87. The Morgan fingerprint density at radius 1 is 1.26 bits per heavy atom. The minimum atomic E-state index is -1.01. The van der Waals surface area contributed by atoms with Gasteiger partial charge in [0.25, 0.3) is 0 Å². The van der Waals surface area contributed by atoms with Crippen molar-refractivity contribution in [3.63, 3.8) is 0 Å². The van der Waals surface area contributed by atoms with E-state index >= 15 is 0 Å². The molecule has 1 N–H and O–H groups in total. The Balaban J connectivity index is 2.13. The predicted octanol–water partition coefficient (Wildman–Crippen LogP) is 3.52. The van der Waals surface area contributed by atoms with Crippen LogP contribution in [0.4, 0.5) is 4.39 Å². The van der Waals surface area contributed by atoms with Crippen LogP contribution in [0.15, 0.2) is 47.2 Å². The van der Waals surface area contributed by atoms with Crippen molar-refractivity contribution < 1.29 is 9.50 Å². The molecule has 0 aliphatic rings. The first-order chi connectivity index (χ1) is 8.96. The standard InChI is InChI=1S/C15H15BrFNO/c1-15(19,7-11-6-13(16)10-18-9-11)8-12-4-2-3-5-14(12)17/h2-6,9-10,19H,7-8H2,1H3. The van der Waals surface area contributed by atoms with Crippen LogP contribution in [-0.4, -0.2) is 15.7 Å². The molecule has 0 aliphatic carbocycles. The minimum absolute atomic E-state index is 0.270. The summed E-state index contributed by atoms with van der Waals surface area (Å²) in [5.74, 6) is -0.282. The average molecular weight is 324 g/mol. The zero-order chi connectivity index (χ0) is 13.9. The first kappa shape index (κ1) is 14.2. The molecule has 100 valence electrons. The third-order valence-corrected chi connectivity index (χ3v) is 3.31. The van der Waals surface area contributed by atoms with E-state index in [-0.39, 0.29) is 12.2 Å². The van der Waals surface area contributed by atoms with E-state index in [9.17, 15) is 9.50 Å². The maximum absolute atomic E-state index is 13.6. The zero-order valence-electron chi connectivity index (χ0n) is 10.6. The van der Waals surface area contributed by atoms with Crippen molar-refractivity contribution in [2.45, 2.75) is 25.4 Å². The number of rotatable bonds is 4. The molecular weight excluding hydrogens is 309 g/mol. The summed E-state index contributed by atoms with van der Waals surface area (Å²) >= 11 is 3.34. The largest absolute Gasteiger partial charge is 0.389 e. The topological polar surface area (TPSA) is 33.1 Å². The van der Waals surface area contributed by atoms with Crippen LogP contribution >= 0.6 is 15.9 Å². The lowest BCUT2D eigenvalue weighted by atomic mass is 9.90. The van der Waals surface area contributed by atoms with Gasteiger partial charge in [-0.15, -0.1) is 0 Å². The van der Waals surface area contributed by atoms with Gasteiger partial charge in [0, 0.05) is 29.7 Å². The molecule has 0 saturated heterocycles. The quantitative estimate of drug-likeness (QED) is 0.933. The number of pyridine rings is 1. The molecule has 0 bridgehead atoms. The van der Waals surface area contributed by atoms with Gasteiger partial charge < -0.3 is 5.11 Å². The second-order valence-electron chi connectivity index (χ2n) is 4.95. The minimum Gasteiger partial charge on any atom is -0.389 e. The van der Waals surface area contributed by atoms with E-state index in [1.54, 1.807) is 37.5 Å². The molecule has 4 heteroatoms. The van der Waals surface area contributed by atoms with Gasteiger partial charge in [-0.25, -0.2) is 4.39 Å². The summed E-state index contributed by atoms with van der Waals surface area (Å²) < 4.78 is 14.5. The molecule has 0 amide bonds. The molecule has 19 heavy (non-hydrogen) atoms. The van der Waals surface area contributed by atoms with Crippen molar-refractivity contribution in [1.82, 2.24) is 4.98 Å². The Kier molecular flexibility index (Phi) is 4.32. The molecule has 1 heterocycles. The molecule has 1 aromatic carbocycles. The maximum atomic E-state index is 13.6. The van der Waals surface area contributed by atoms with E-state index in [1.807, 2.05) is 6.07 Å². The average Bonchev–Trinajstić information content (AvgIpc) is 2.31. The Morgan fingerprint density at radius 3 is 2.68 bits per heavy atom. The molecule has 0 aliphatic heterocycles. The summed E-state index contributed by atoms with van der Waals surface area (Å²) in [5, 5.41) is 10.4. The molecule has 1 aromatic heterocycles. The molecule has 1 atom stereocenters. The van der Waals surface area contributed by atoms with Crippen LogP contribution < -0.4 is 0 Å². The molecule has 2 aromatic rings. The number of aromatic nitrogens is 1. The fraction of sp³-hybridized carbons (Fsp3) is 0.267.